The second-order valence-corrected chi connectivity index (χ2v) is 7.48. The minimum absolute atomic E-state index is 0.425. The lowest BCUT2D eigenvalue weighted by Crippen LogP contribution is -2.47. The van der Waals surface area contributed by atoms with E-state index in [1.807, 2.05) is 6.08 Å². The van der Waals surface area contributed by atoms with Gasteiger partial charge in [-0.3, -0.25) is 0 Å². The van der Waals surface area contributed by atoms with Crippen LogP contribution < -0.4 is 5.32 Å². The predicted molar refractivity (Wildman–Crippen MR) is 105 cm³/mol. The third-order valence-electron chi connectivity index (χ3n) is 5.92. The largest absolute Gasteiger partial charge is 0.307 e. The Hall–Kier alpha value is -1.60. The van der Waals surface area contributed by atoms with Crippen molar-refractivity contribution in [2.75, 3.05) is 0 Å². The van der Waals surface area contributed by atoms with E-state index in [4.69, 9.17) is 0 Å². The van der Waals surface area contributed by atoms with Crippen LogP contribution in [-0.4, -0.2) is 6.04 Å². The molecule has 1 saturated heterocycles. The van der Waals surface area contributed by atoms with Gasteiger partial charge in [0.25, 0.3) is 0 Å². The van der Waals surface area contributed by atoms with Crippen molar-refractivity contribution in [2.45, 2.75) is 58.5 Å². The van der Waals surface area contributed by atoms with E-state index in [-0.39, 0.29) is 0 Å². The highest BCUT2D eigenvalue weighted by molar-refractivity contribution is 5.60. The summed E-state index contributed by atoms with van der Waals surface area (Å²) in [4.78, 5) is 0. The van der Waals surface area contributed by atoms with Gasteiger partial charge in [-0.25, -0.2) is 0 Å². The van der Waals surface area contributed by atoms with E-state index in [0.29, 0.717) is 18.0 Å². The molecule has 0 spiro atoms. The second-order valence-electron chi connectivity index (χ2n) is 7.48. The van der Waals surface area contributed by atoms with Gasteiger partial charge in [0.2, 0.25) is 0 Å². The third-order valence-corrected chi connectivity index (χ3v) is 5.92. The lowest BCUT2D eigenvalue weighted by molar-refractivity contribution is 0.180. The summed E-state index contributed by atoms with van der Waals surface area (Å²) in [6, 6.07) is 7.87. The summed E-state index contributed by atoms with van der Waals surface area (Å²) in [6.07, 6.45) is 13.6. The molecule has 128 valence electrons. The highest BCUT2D eigenvalue weighted by atomic mass is 15.0. The number of benzene rings is 1. The summed E-state index contributed by atoms with van der Waals surface area (Å²) >= 11 is 0. The molecular weight excluding hydrogens is 290 g/mol. The third kappa shape index (κ3) is 3.28. The summed E-state index contributed by atoms with van der Waals surface area (Å²) in [5.41, 5.74) is 5.89. The van der Waals surface area contributed by atoms with Gasteiger partial charge in [0.05, 0.1) is 0 Å². The molecule has 3 rings (SSSR count). The number of nitrogens with one attached hydrogen (secondary N) is 1. The Balaban J connectivity index is 2.05. The Morgan fingerprint density at radius 2 is 2.17 bits per heavy atom. The molecule has 0 radical (unpaired) electrons. The fourth-order valence-corrected chi connectivity index (χ4v) is 4.51. The Labute approximate surface area is 147 Å². The molecular formula is C23H31N. The molecule has 24 heavy (non-hydrogen) atoms. The molecule has 0 saturated carbocycles. The van der Waals surface area contributed by atoms with Crippen molar-refractivity contribution in [3.8, 4) is 0 Å². The Kier molecular flexibility index (Phi) is 5.40. The monoisotopic (exact) mass is 321 g/mol. The maximum Gasteiger partial charge on any atom is 0.0394 e. The van der Waals surface area contributed by atoms with E-state index in [1.165, 1.54) is 36.0 Å². The lowest BCUT2D eigenvalue weighted by Gasteiger charge is -2.45. The van der Waals surface area contributed by atoms with Crippen LogP contribution >= 0.6 is 0 Å². The summed E-state index contributed by atoms with van der Waals surface area (Å²) in [7, 11) is 0. The van der Waals surface area contributed by atoms with Crippen LogP contribution in [0.25, 0.3) is 6.08 Å². The second kappa shape index (κ2) is 7.53. The first-order valence-corrected chi connectivity index (χ1v) is 9.49. The predicted octanol–water partition coefficient (Wildman–Crippen LogP) is 5.84. The first kappa shape index (κ1) is 17.2. The van der Waals surface area contributed by atoms with Gasteiger partial charge < -0.3 is 5.32 Å². The Bertz CT molecular complexity index is 652. The summed E-state index contributed by atoms with van der Waals surface area (Å²) < 4.78 is 0. The average molecular weight is 322 g/mol. The fraction of sp³-hybridized carbons (Fsp3) is 0.478. The van der Waals surface area contributed by atoms with Gasteiger partial charge in [-0.15, -0.1) is 0 Å². The van der Waals surface area contributed by atoms with Crippen molar-refractivity contribution in [3.05, 3.63) is 65.3 Å². The summed E-state index contributed by atoms with van der Waals surface area (Å²) in [5.74, 6) is 1.42. The van der Waals surface area contributed by atoms with Gasteiger partial charge in [0.15, 0.2) is 0 Å². The highest BCUT2D eigenvalue weighted by Gasteiger charge is 2.38. The van der Waals surface area contributed by atoms with Gasteiger partial charge >= 0.3 is 0 Å². The smallest absolute Gasteiger partial charge is 0.0394 e. The van der Waals surface area contributed by atoms with Gasteiger partial charge in [0, 0.05) is 12.1 Å². The molecule has 1 aliphatic carbocycles. The first-order valence-electron chi connectivity index (χ1n) is 9.49. The molecule has 2 aliphatic rings. The number of rotatable bonds is 5. The van der Waals surface area contributed by atoms with Crippen molar-refractivity contribution < 1.29 is 0 Å². The van der Waals surface area contributed by atoms with Crippen molar-refractivity contribution in [2.24, 2.45) is 11.8 Å². The minimum Gasteiger partial charge on any atom is -0.307 e. The van der Waals surface area contributed by atoms with Gasteiger partial charge in [0.1, 0.15) is 0 Å². The van der Waals surface area contributed by atoms with E-state index < -0.39 is 0 Å². The van der Waals surface area contributed by atoms with Crippen molar-refractivity contribution in [1.29, 1.82) is 0 Å². The van der Waals surface area contributed by atoms with E-state index in [2.05, 4.69) is 69.1 Å². The molecule has 0 amide bonds. The zero-order valence-electron chi connectivity index (χ0n) is 15.4. The van der Waals surface area contributed by atoms with Crippen molar-refractivity contribution in [1.82, 2.24) is 5.32 Å². The Morgan fingerprint density at radius 1 is 1.33 bits per heavy atom. The highest BCUT2D eigenvalue weighted by Crippen LogP contribution is 2.44. The maximum absolute atomic E-state index is 3.95. The van der Waals surface area contributed by atoms with Crippen LogP contribution in [0.2, 0.25) is 0 Å². The minimum atomic E-state index is 0.425. The van der Waals surface area contributed by atoms with Crippen molar-refractivity contribution in [3.63, 3.8) is 0 Å². The topological polar surface area (TPSA) is 12.0 Å². The molecule has 2 bridgehead atoms. The van der Waals surface area contributed by atoms with Crippen LogP contribution in [0.3, 0.4) is 0 Å². The van der Waals surface area contributed by atoms with Crippen molar-refractivity contribution >= 4 is 6.08 Å². The zero-order valence-corrected chi connectivity index (χ0v) is 15.4. The lowest BCUT2D eigenvalue weighted by atomic mass is 9.69. The molecule has 1 nitrogen and oxygen atoms in total. The first-order chi connectivity index (χ1) is 11.7. The summed E-state index contributed by atoms with van der Waals surface area (Å²) in [6.45, 7) is 10.8. The van der Waals surface area contributed by atoms with Crippen LogP contribution in [-0.2, 0) is 6.42 Å². The number of aryl methyl sites for hydroxylation is 1. The van der Waals surface area contributed by atoms with Gasteiger partial charge in [-0.1, -0.05) is 68.0 Å². The number of allylic oxidation sites excluding steroid dienone is 3. The molecule has 1 N–H and O–H groups in total. The normalized spacial score (nSPS) is 29.5. The molecule has 4 unspecified atom stereocenters. The summed E-state index contributed by atoms with van der Waals surface area (Å²) in [5, 5.41) is 3.95. The molecule has 1 aromatic carbocycles. The molecule has 4 atom stereocenters. The molecule has 1 heterocycles. The van der Waals surface area contributed by atoms with Crippen LogP contribution in [0, 0.1) is 11.8 Å². The molecule has 0 aromatic heterocycles. The SMILES string of the molecule is C=C/C=C\c1c(CCC)cccc1C1NC(C)C2CC=C(C)C1C2. The quantitative estimate of drug-likeness (QED) is 0.530. The van der Waals surface area contributed by atoms with Crippen LogP contribution in [0.5, 0.6) is 0 Å². The van der Waals surface area contributed by atoms with Crippen LogP contribution in [0.1, 0.15) is 62.8 Å². The maximum atomic E-state index is 3.95. The van der Waals surface area contributed by atoms with E-state index in [0.717, 1.165) is 12.3 Å². The number of fused-ring (bicyclic) bond motifs is 2. The molecule has 1 heteroatoms. The molecule has 1 aromatic rings. The zero-order chi connectivity index (χ0) is 17.1. The van der Waals surface area contributed by atoms with E-state index in [1.54, 1.807) is 5.57 Å². The molecule has 1 fully saturated rings. The number of hydrogen-bond donors (Lipinski definition) is 1. The standard InChI is InChI=1S/C23H31N/c1-5-7-11-20-18(9-6-2)10-8-12-21(20)23-22-15-19(17(4)24-23)14-13-16(22)3/h5,7-8,10-13,17,19,22-24H,1,6,9,14-15H2,2-4H3/b11-7-. The Morgan fingerprint density at radius 3 is 2.92 bits per heavy atom. The average Bonchev–Trinajstić information content (AvgIpc) is 2.59. The van der Waals surface area contributed by atoms with Crippen LogP contribution in [0.15, 0.2) is 48.6 Å². The molecule has 1 aliphatic heterocycles. The number of piperidine rings is 1. The van der Waals surface area contributed by atoms with E-state index in [9.17, 15) is 0 Å². The number of hydrogen-bond acceptors (Lipinski definition) is 1. The van der Waals surface area contributed by atoms with Gasteiger partial charge in [-0.2, -0.15) is 0 Å². The van der Waals surface area contributed by atoms with E-state index >= 15 is 0 Å². The van der Waals surface area contributed by atoms with Crippen LogP contribution in [0.4, 0.5) is 0 Å². The fourth-order valence-electron chi connectivity index (χ4n) is 4.51. The van der Waals surface area contributed by atoms with Gasteiger partial charge in [-0.05, 0) is 61.6 Å².